The van der Waals surface area contributed by atoms with Crippen LogP contribution in [-0.2, 0) is 16.6 Å². The van der Waals surface area contributed by atoms with Crippen LogP contribution in [0.1, 0.15) is 44.1 Å². The Hall–Kier alpha value is -0.430. The van der Waals surface area contributed by atoms with Crippen LogP contribution in [-0.4, -0.2) is 20.5 Å². The van der Waals surface area contributed by atoms with Gasteiger partial charge in [0.05, 0.1) is 0 Å². The molecule has 2 N–H and O–H groups in total. The maximum atomic E-state index is 12.3. The second kappa shape index (κ2) is 6.13. The van der Waals surface area contributed by atoms with Crippen LogP contribution < -0.4 is 10.0 Å². The highest BCUT2D eigenvalue weighted by atomic mass is 32.2. The predicted molar refractivity (Wildman–Crippen MR) is 83.5 cm³/mol. The van der Waals surface area contributed by atoms with Gasteiger partial charge in [0.1, 0.15) is 4.21 Å². The van der Waals surface area contributed by atoms with Crippen molar-refractivity contribution in [2.75, 3.05) is 0 Å². The number of hydrogen-bond donors (Lipinski definition) is 2. The second-order valence-electron chi connectivity index (χ2n) is 5.98. The Kier molecular flexibility index (Phi) is 4.89. The van der Waals surface area contributed by atoms with Crippen LogP contribution in [0.4, 0.5) is 0 Å². The average Bonchev–Trinajstić information content (AvgIpc) is 3.09. The molecule has 4 nitrogen and oxygen atoms in total. The highest BCUT2D eigenvalue weighted by Crippen LogP contribution is 2.28. The van der Waals surface area contributed by atoms with Crippen molar-refractivity contribution in [3.05, 3.63) is 16.5 Å². The minimum Gasteiger partial charge on any atom is -0.309 e. The van der Waals surface area contributed by atoms with Crippen LogP contribution in [0.25, 0.3) is 0 Å². The zero-order chi connectivity index (χ0) is 14.9. The van der Waals surface area contributed by atoms with Crippen LogP contribution in [0.3, 0.4) is 0 Å². The maximum absolute atomic E-state index is 12.3. The molecule has 0 bridgehead atoms. The van der Waals surface area contributed by atoms with Gasteiger partial charge >= 0.3 is 0 Å². The van der Waals surface area contributed by atoms with E-state index in [4.69, 9.17) is 0 Å². The fourth-order valence-corrected chi connectivity index (χ4v) is 4.71. The summed E-state index contributed by atoms with van der Waals surface area (Å²) in [7, 11) is -3.39. The van der Waals surface area contributed by atoms with E-state index in [0.29, 0.717) is 10.3 Å². The van der Waals surface area contributed by atoms with E-state index in [0.717, 1.165) is 17.0 Å². The van der Waals surface area contributed by atoms with Crippen molar-refractivity contribution in [2.24, 2.45) is 5.92 Å². The predicted octanol–water partition coefficient (Wildman–Crippen LogP) is 2.63. The number of rotatable bonds is 7. The summed E-state index contributed by atoms with van der Waals surface area (Å²) in [4.78, 5) is 1.12. The Morgan fingerprint density at radius 3 is 2.55 bits per heavy atom. The number of thiophene rings is 1. The van der Waals surface area contributed by atoms with Gasteiger partial charge in [-0.05, 0) is 44.2 Å². The van der Waals surface area contributed by atoms with Crippen molar-refractivity contribution in [3.8, 4) is 0 Å². The number of aryl methyl sites for hydroxylation is 1. The van der Waals surface area contributed by atoms with Crippen LogP contribution in [0.2, 0.25) is 0 Å². The van der Waals surface area contributed by atoms with Crippen molar-refractivity contribution in [1.82, 2.24) is 10.0 Å². The fraction of sp³-hybridized carbons (Fsp3) is 0.714. The van der Waals surface area contributed by atoms with Crippen molar-refractivity contribution in [3.63, 3.8) is 0 Å². The Labute approximate surface area is 126 Å². The molecule has 1 aromatic heterocycles. The molecule has 1 unspecified atom stereocenters. The monoisotopic (exact) mass is 316 g/mol. The van der Waals surface area contributed by atoms with Gasteiger partial charge in [0.15, 0.2) is 0 Å². The van der Waals surface area contributed by atoms with E-state index < -0.39 is 10.0 Å². The van der Waals surface area contributed by atoms with E-state index in [9.17, 15) is 8.42 Å². The molecule has 0 aromatic carbocycles. The molecule has 1 heterocycles. The molecule has 0 aliphatic heterocycles. The van der Waals surface area contributed by atoms with E-state index in [2.05, 4.69) is 10.0 Å². The quantitative estimate of drug-likeness (QED) is 0.813. The third kappa shape index (κ3) is 4.04. The maximum Gasteiger partial charge on any atom is 0.250 e. The fourth-order valence-electron chi connectivity index (χ4n) is 1.76. The highest BCUT2D eigenvalue weighted by Gasteiger charge is 2.24. The molecular formula is C14H24N2O2S2. The van der Waals surface area contributed by atoms with Crippen LogP contribution in [0.15, 0.2) is 10.3 Å². The molecule has 1 aliphatic rings. The standard InChI is InChI=1S/C14H24N2O2S2/c1-9(2)11(4)16-20(17,18)14-7-10(3)13(19-14)8-15-12-5-6-12/h7,9,11-12,15-16H,5-6,8H2,1-4H3. The minimum absolute atomic E-state index is 0.0598. The van der Waals surface area contributed by atoms with E-state index in [1.54, 1.807) is 6.07 Å². The van der Waals surface area contributed by atoms with Gasteiger partial charge in [-0.2, -0.15) is 0 Å². The normalized spacial score (nSPS) is 17.6. The molecule has 1 atom stereocenters. The molecule has 0 saturated heterocycles. The topological polar surface area (TPSA) is 58.2 Å². The summed E-state index contributed by atoms with van der Waals surface area (Å²) in [6, 6.07) is 2.36. The molecule has 2 rings (SSSR count). The Bertz CT molecular complexity index is 560. The molecular weight excluding hydrogens is 292 g/mol. The molecule has 114 valence electrons. The van der Waals surface area contributed by atoms with E-state index in [1.807, 2.05) is 27.7 Å². The molecule has 1 aromatic rings. The molecule has 0 amide bonds. The minimum atomic E-state index is -3.39. The molecule has 1 saturated carbocycles. The third-order valence-corrected chi connectivity index (χ3v) is 7.00. The van der Waals surface area contributed by atoms with Crippen molar-refractivity contribution in [2.45, 2.75) is 63.4 Å². The lowest BCUT2D eigenvalue weighted by Gasteiger charge is -2.16. The van der Waals surface area contributed by atoms with Crippen LogP contribution in [0, 0.1) is 12.8 Å². The van der Waals surface area contributed by atoms with Crippen LogP contribution in [0.5, 0.6) is 0 Å². The first kappa shape index (κ1) is 15.9. The molecule has 1 fully saturated rings. The van der Waals surface area contributed by atoms with Crippen molar-refractivity contribution in [1.29, 1.82) is 0 Å². The Balaban J connectivity index is 2.08. The van der Waals surface area contributed by atoms with Crippen molar-refractivity contribution < 1.29 is 8.42 Å². The molecule has 20 heavy (non-hydrogen) atoms. The molecule has 1 aliphatic carbocycles. The first-order valence-electron chi connectivity index (χ1n) is 7.14. The zero-order valence-electron chi connectivity index (χ0n) is 12.6. The van der Waals surface area contributed by atoms with Gasteiger partial charge in [0, 0.05) is 23.5 Å². The van der Waals surface area contributed by atoms with Gasteiger partial charge in [-0.3, -0.25) is 0 Å². The number of sulfonamides is 1. The lowest BCUT2D eigenvalue weighted by molar-refractivity contribution is 0.477. The van der Waals surface area contributed by atoms with Crippen molar-refractivity contribution >= 4 is 21.4 Å². The summed E-state index contributed by atoms with van der Waals surface area (Å²) < 4.78 is 27.9. The van der Waals surface area contributed by atoms with Gasteiger partial charge in [0.25, 0.3) is 0 Å². The summed E-state index contributed by atoms with van der Waals surface area (Å²) in [5, 5.41) is 3.43. The van der Waals surface area contributed by atoms with Crippen LogP contribution >= 0.6 is 11.3 Å². The number of nitrogens with one attached hydrogen (secondary N) is 2. The number of hydrogen-bond acceptors (Lipinski definition) is 4. The largest absolute Gasteiger partial charge is 0.309 e. The molecule has 0 radical (unpaired) electrons. The first-order valence-corrected chi connectivity index (χ1v) is 9.44. The summed E-state index contributed by atoms with van der Waals surface area (Å²) >= 11 is 1.38. The van der Waals surface area contributed by atoms with E-state index >= 15 is 0 Å². The summed E-state index contributed by atoms with van der Waals surface area (Å²) in [6.45, 7) is 8.68. The SMILES string of the molecule is Cc1cc(S(=O)(=O)NC(C)C(C)C)sc1CNC1CC1. The smallest absolute Gasteiger partial charge is 0.250 e. The van der Waals surface area contributed by atoms with Gasteiger partial charge in [-0.15, -0.1) is 11.3 Å². The lowest BCUT2D eigenvalue weighted by atomic mass is 10.1. The highest BCUT2D eigenvalue weighted by molar-refractivity contribution is 7.91. The summed E-state index contributed by atoms with van der Waals surface area (Å²) in [5.74, 6) is 0.279. The molecule has 0 spiro atoms. The van der Waals surface area contributed by atoms with Gasteiger partial charge in [-0.1, -0.05) is 13.8 Å². The third-order valence-electron chi connectivity index (χ3n) is 3.73. The zero-order valence-corrected chi connectivity index (χ0v) is 14.2. The Morgan fingerprint density at radius 1 is 1.35 bits per heavy atom. The Morgan fingerprint density at radius 2 is 2.00 bits per heavy atom. The second-order valence-corrected chi connectivity index (χ2v) is 9.06. The summed E-state index contributed by atoms with van der Waals surface area (Å²) in [6.07, 6.45) is 2.48. The van der Waals surface area contributed by atoms with E-state index in [-0.39, 0.29) is 12.0 Å². The molecule has 6 heteroatoms. The van der Waals surface area contributed by atoms with Gasteiger partial charge < -0.3 is 5.32 Å². The van der Waals surface area contributed by atoms with Gasteiger partial charge in [-0.25, -0.2) is 13.1 Å². The summed E-state index contributed by atoms with van der Waals surface area (Å²) in [5.41, 5.74) is 1.06. The average molecular weight is 316 g/mol. The van der Waals surface area contributed by atoms with E-state index in [1.165, 1.54) is 24.2 Å². The lowest BCUT2D eigenvalue weighted by Crippen LogP contribution is -2.35. The van der Waals surface area contributed by atoms with Gasteiger partial charge in [0.2, 0.25) is 10.0 Å². The first-order chi connectivity index (χ1) is 9.29.